The van der Waals surface area contributed by atoms with Crippen molar-refractivity contribution in [1.29, 1.82) is 0 Å². The molecule has 0 radical (unpaired) electrons. The molecule has 102 valence electrons. The van der Waals surface area contributed by atoms with Crippen molar-refractivity contribution in [2.75, 3.05) is 13.2 Å². The molecule has 19 heavy (non-hydrogen) atoms. The van der Waals surface area contributed by atoms with Crippen LogP contribution in [0.1, 0.15) is 24.3 Å². The Bertz CT molecular complexity index is 487. The van der Waals surface area contributed by atoms with E-state index in [0.29, 0.717) is 12.6 Å². The summed E-state index contributed by atoms with van der Waals surface area (Å²) in [5.41, 5.74) is 0. The van der Waals surface area contributed by atoms with Crippen molar-refractivity contribution < 1.29 is 4.74 Å². The summed E-state index contributed by atoms with van der Waals surface area (Å²) in [6, 6.07) is 12.6. The first-order valence-corrected chi connectivity index (χ1v) is 8.12. The molecule has 1 N–H and O–H groups in total. The number of benzene rings is 1. The van der Waals surface area contributed by atoms with Crippen LogP contribution >= 0.6 is 27.3 Å². The summed E-state index contributed by atoms with van der Waals surface area (Å²) in [6.07, 6.45) is 1.09. The summed E-state index contributed by atoms with van der Waals surface area (Å²) in [5.74, 6) is 0.903. The smallest absolute Gasteiger partial charge is 0.120 e. The third-order valence-electron chi connectivity index (χ3n) is 2.85. The zero-order valence-electron chi connectivity index (χ0n) is 10.9. The van der Waals surface area contributed by atoms with Gasteiger partial charge in [-0.05, 0) is 36.1 Å². The molecule has 0 bridgehead atoms. The minimum absolute atomic E-state index is 0.436. The minimum Gasteiger partial charge on any atom is -0.492 e. The van der Waals surface area contributed by atoms with E-state index in [9.17, 15) is 0 Å². The normalized spacial score (nSPS) is 12.3. The fourth-order valence-corrected chi connectivity index (χ4v) is 3.16. The van der Waals surface area contributed by atoms with E-state index >= 15 is 0 Å². The first-order chi connectivity index (χ1) is 9.29. The van der Waals surface area contributed by atoms with E-state index in [1.54, 1.807) is 11.3 Å². The Morgan fingerprint density at radius 2 is 2.21 bits per heavy atom. The Morgan fingerprint density at radius 3 is 2.89 bits per heavy atom. The lowest BCUT2D eigenvalue weighted by Gasteiger charge is -2.15. The molecule has 2 aromatic rings. The molecule has 1 heterocycles. The molecular weight excluding hydrogens is 322 g/mol. The highest BCUT2D eigenvalue weighted by Gasteiger charge is 2.08. The molecule has 2 nitrogen and oxygen atoms in total. The molecule has 0 aliphatic carbocycles. The molecule has 1 atom stereocenters. The third kappa shape index (κ3) is 4.64. The highest BCUT2D eigenvalue weighted by molar-refractivity contribution is 9.10. The molecule has 0 saturated heterocycles. The van der Waals surface area contributed by atoms with E-state index in [-0.39, 0.29) is 0 Å². The Kier molecular flexibility index (Phi) is 5.89. The van der Waals surface area contributed by atoms with Crippen LogP contribution in [0.4, 0.5) is 0 Å². The summed E-state index contributed by atoms with van der Waals surface area (Å²) in [4.78, 5) is 1.39. The standard InChI is InChI=1S/C15H18BrNOS/c1-2-14(15-7-4-10-19-15)17-8-9-18-13-6-3-5-12(16)11-13/h3-7,10-11,14,17H,2,8-9H2,1H3. The molecule has 0 fully saturated rings. The molecule has 0 amide bonds. The molecule has 0 aliphatic heterocycles. The van der Waals surface area contributed by atoms with Crippen molar-refractivity contribution >= 4 is 27.3 Å². The summed E-state index contributed by atoms with van der Waals surface area (Å²) in [5, 5.41) is 5.65. The average molecular weight is 340 g/mol. The number of nitrogens with one attached hydrogen (secondary N) is 1. The van der Waals surface area contributed by atoms with Crippen molar-refractivity contribution in [2.45, 2.75) is 19.4 Å². The van der Waals surface area contributed by atoms with E-state index in [4.69, 9.17) is 4.74 Å². The van der Waals surface area contributed by atoms with Crippen LogP contribution in [0.25, 0.3) is 0 Å². The first kappa shape index (κ1) is 14.6. The van der Waals surface area contributed by atoms with Gasteiger partial charge in [0.05, 0.1) is 0 Å². The second-order valence-electron chi connectivity index (χ2n) is 4.24. The van der Waals surface area contributed by atoms with Gasteiger partial charge in [-0.25, -0.2) is 0 Å². The zero-order valence-corrected chi connectivity index (χ0v) is 13.3. The van der Waals surface area contributed by atoms with Crippen LogP contribution < -0.4 is 10.1 Å². The fourth-order valence-electron chi connectivity index (χ4n) is 1.89. The predicted octanol–water partition coefficient (Wildman–Crippen LogP) is 4.63. The molecule has 1 aromatic carbocycles. The topological polar surface area (TPSA) is 21.3 Å². The summed E-state index contributed by atoms with van der Waals surface area (Å²) in [6.45, 7) is 3.73. The monoisotopic (exact) mass is 339 g/mol. The highest BCUT2D eigenvalue weighted by Crippen LogP contribution is 2.21. The van der Waals surface area contributed by atoms with Gasteiger partial charge in [0.15, 0.2) is 0 Å². The van der Waals surface area contributed by atoms with Crippen molar-refractivity contribution in [3.05, 3.63) is 51.1 Å². The number of thiophene rings is 1. The molecular formula is C15H18BrNOS. The van der Waals surface area contributed by atoms with Crippen LogP contribution in [0.5, 0.6) is 5.75 Å². The molecule has 0 saturated carbocycles. The van der Waals surface area contributed by atoms with Gasteiger partial charge in [-0.3, -0.25) is 0 Å². The second kappa shape index (κ2) is 7.68. The maximum atomic E-state index is 5.71. The van der Waals surface area contributed by atoms with Crippen LogP contribution in [-0.4, -0.2) is 13.2 Å². The van der Waals surface area contributed by atoms with Gasteiger partial charge < -0.3 is 10.1 Å². The van der Waals surface area contributed by atoms with Crippen LogP contribution in [-0.2, 0) is 0 Å². The van der Waals surface area contributed by atoms with Gasteiger partial charge in [-0.15, -0.1) is 11.3 Å². The number of rotatable bonds is 7. The van der Waals surface area contributed by atoms with Gasteiger partial charge >= 0.3 is 0 Å². The predicted molar refractivity (Wildman–Crippen MR) is 85.0 cm³/mol. The van der Waals surface area contributed by atoms with Crippen LogP contribution in [0.2, 0.25) is 0 Å². The minimum atomic E-state index is 0.436. The van der Waals surface area contributed by atoms with Gasteiger partial charge in [0.1, 0.15) is 12.4 Å². The Labute approximate surface area is 126 Å². The number of hydrogen-bond acceptors (Lipinski definition) is 3. The Balaban J connectivity index is 1.74. The van der Waals surface area contributed by atoms with Gasteiger partial charge in [0.25, 0.3) is 0 Å². The first-order valence-electron chi connectivity index (χ1n) is 6.44. The molecule has 2 rings (SSSR count). The van der Waals surface area contributed by atoms with E-state index in [1.165, 1.54) is 4.88 Å². The van der Waals surface area contributed by atoms with E-state index < -0.39 is 0 Å². The second-order valence-corrected chi connectivity index (χ2v) is 6.13. The quantitative estimate of drug-likeness (QED) is 0.742. The molecule has 1 unspecified atom stereocenters. The number of hydrogen-bond donors (Lipinski definition) is 1. The largest absolute Gasteiger partial charge is 0.492 e. The van der Waals surface area contributed by atoms with Crippen LogP contribution in [0, 0.1) is 0 Å². The molecule has 1 aromatic heterocycles. The Morgan fingerprint density at radius 1 is 1.32 bits per heavy atom. The maximum absolute atomic E-state index is 5.71. The average Bonchev–Trinajstić information content (AvgIpc) is 2.93. The van der Waals surface area contributed by atoms with E-state index in [0.717, 1.165) is 23.2 Å². The van der Waals surface area contributed by atoms with Crippen LogP contribution in [0.3, 0.4) is 0 Å². The third-order valence-corrected chi connectivity index (χ3v) is 4.33. The number of halogens is 1. The number of ether oxygens (including phenoxy) is 1. The Hall–Kier alpha value is -0.840. The van der Waals surface area contributed by atoms with E-state index in [1.807, 2.05) is 24.3 Å². The van der Waals surface area contributed by atoms with Crippen LogP contribution in [0.15, 0.2) is 46.3 Å². The lowest BCUT2D eigenvalue weighted by molar-refractivity contribution is 0.304. The van der Waals surface area contributed by atoms with Gasteiger partial charge in [0.2, 0.25) is 0 Å². The van der Waals surface area contributed by atoms with Crippen molar-refractivity contribution in [3.63, 3.8) is 0 Å². The summed E-state index contributed by atoms with van der Waals surface area (Å²) < 4.78 is 6.75. The van der Waals surface area contributed by atoms with Gasteiger partial charge in [-0.1, -0.05) is 35.0 Å². The fraction of sp³-hybridized carbons (Fsp3) is 0.333. The zero-order chi connectivity index (χ0) is 13.5. The van der Waals surface area contributed by atoms with Gasteiger partial charge in [0, 0.05) is 21.9 Å². The van der Waals surface area contributed by atoms with Gasteiger partial charge in [-0.2, -0.15) is 0 Å². The van der Waals surface area contributed by atoms with E-state index in [2.05, 4.69) is 45.7 Å². The maximum Gasteiger partial charge on any atom is 0.120 e. The summed E-state index contributed by atoms with van der Waals surface area (Å²) >= 11 is 5.24. The lowest BCUT2D eigenvalue weighted by Crippen LogP contribution is -2.25. The SMILES string of the molecule is CCC(NCCOc1cccc(Br)c1)c1cccs1. The van der Waals surface area contributed by atoms with Crippen molar-refractivity contribution in [3.8, 4) is 5.75 Å². The molecule has 4 heteroatoms. The molecule has 0 aliphatic rings. The highest BCUT2D eigenvalue weighted by atomic mass is 79.9. The molecule has 0 spiro atoms. The van der Waals surface area contributed by atoms with Crippen molar-refractivity contribution in [1.82, 2.24) is 5.32 Å². The van der Waals surface area contributed by atoms with Crippen molar-refractivity contribution in [2.24, 2.45) is 0 Å². The summed E-state index contributed by atoms with van der Waals surface area (Å²) in [7, 11) is 0. The lowest BCUT2D eigenvalue weighted by atomic mass is 10.2.